The largest absolute Gasteiger partial charge is 0.472 e. The molecule has 0 saturated carbocycles. The summed E-state index contributed by atoms with van der Waals surface area (Å²) in [6.45, 7) is 7.25. The van der Waals surface area contributed by atoms with E-state index in [0.717, 1.165) is 95.8 Å². The zero-order valence-corrected chi connectivity index (χ0v) is 62.2. The fourth-order valence-electron chi connectivity index (χ4n) is 11.4. The van der Waals surface area contributed by atoms with Crippen molar-refractivity contribution in [2.75, 3.05) is 39.6 Å². The zero-order valence-electron chi connectivity index (χ0n) is 60.4. The van der Waals surface area contributed by atoms with Crippen LogP contribution in [0.25, 0.3) is 0 Å². The Balaban J connectivity index is 5.23. The smallest absolute Gasteiger partial charge is 0.462 e. The van der Waals surface area contributed by atoms with Crippen LogP contribution in [0.2, 0.25) is 0 Å². The van der Waals surface area contributed by atoms with E-state index in [1.165, 1.54) is 212 Å². The SMILES string of the molecule is CCCCCCCCCCCCCCCCCCC(=O)OC[C@H](COP(=O)(O)OC[C@@H](O)COP(=O)(O)OC[C@@H](COC(=O)CCCCCCCCCCC)OC(=O)CCCCCCCCCCCC(C)C)OC(=O)CCCCCCCCCCCCCCCCCC. The lowest BCUT2D eigenvalue weighted by atomic mass is 10.0. The van der Waals surface area contributed by atoms with Gasteiger partial charge in [0.25, 0.3) is 0 Å². The first-order valence-electron chi connectivity index (χ1n) is 38.6. The van der Waals surface area contributed by atoms with Crippen LogP contribution >= 0.6 is 15.6 Å². The van der Waals surface area contributed by atoms with Crippen LogP contribution in [-0.4, -0.2) is 96.7 Å². The Kier molecular flexibility index (Phi) is 65.9. The fourth-order valence-corrected chi connectivity index (χ4v) is 12.9. The standard InChI is InChI=1S/C74H144O17P2/c1-6-9-12-15-18-21-23-25-27-29-31-33-38-43-48-53-58-72(77)85-64-70(90-73(78)59-54-49-44-39-34-32-30-28-26-24-22-19-16-13-10-7-2)66-89-93(82,83)87-62-68(75)61-86-92(80,81)88-65-69(63-84-71(76)57-52-47-42-36-20-17-14-11-8-3)91-74(79)60-55-50-45-40-35-37-41-46-51-56-67(4)5/h67-70,75H,6-66H2,1-5H3,(H,80,81)(H,82,83)/t68-,69+,70+/m0/s1. The molecular weight excluding hydrogens is 1220 g/mol. The highest BCUT2D eigenvalue weighted by atomic mass is 31.2. The van der Waals surface area contributed by atoms with E-state index < -0.39 is 97.5 Å². The van der Waals surface area contributed by atoms with E-state index in [1.807, 2.05) is 0 Å². The van der Waals surface area contributed by atoms with Crippen LogP contribution in [0.5, 0.6) is 0 Å². The van der Waals surface area contributed by atoms with Gasteiger partial charge < -0.3 is 33.8 Å². The van der Waals surface area contributed by atoms with Crippen molar-refractivity contribution < 1.29 is 80.2 Å². The maximum Gasteiger partial charge on any atom is 0.472 e. The molecule has 17 nitrogen and oxygen atoms in total. The second kappa shape index (κ2) is 67.3. The second-order valence-electron chi connectivity index (χ2n) is 27.2. The molecule has 0 aromatic heterocycles. The summed E-state index contributed by atoms with van der Waals surface area (Å²) in [6.07, 6.45) is 55.4. The van der Waals surface area contributed by atoms with Gasteiger partial charge in [-0.05, 0) is 31.6 Å². The van der Waals surface area contributed by atoms with E-state index in [9.17, 15) is 43.2 Å². The number of esters is 4. The molecule has 0 aliphatic carbocycles. The normalized spacial score (nSPS) is 14.0. The van der Waals surface area contributed by atoms with E-state index in [-0.39, 0.29) is 25.7 Å². The maximum atomic E-state index is 13.1. The van der Waals surface area contributed by atoms with Crippen molar-refractivity contribution in [1.29, 1.82) is 0 Å². The first-order valence-corrected chi connectivity index (χ1v) is 41.6. The molecule has 552 valence electrons. The van der Waals surface area contributed by atoms with Gasteiger partial charge in [-0.2, -0.15) is 0 Å². The van der Waals surface area contributed by atoms with Crippen molar-refractivity contribution in [3.63, 3.8) is 0 Å². The fraction of sp³-hybridized carbons (Fsp3) is 0.946. The summed E-state index contributed by atoms with van der Waals surface area (Å²) >= 11 is 0. The third-order valence-electron chi connectivity index (χ3n) is 17.3. The molecule has 0 radical (unpaired) electrons. The molecule has 19 heteroatoms. The first-order chi connectivity index (χ1) is 45.0. The molecule has 0 bridgehead atoms. The number of ether oxygens (including phenoxy) is 4. The lowest BCUT2D eigenvalue weighted by molar-refractivity contribution is -0.161. The van der Waals surface area contributed by atoms with Gasteiger partial charge in [-0.3, -0.25) is 37.3 Å². The van der Waals surface area contributed by atoms with Gasteiger partial charge in [-0.15, -0.1) is 0 Å². The summed E-state index contributed by atoms with van der Waals surface area (Å²) in [5.41, 5.74) is 0. The Labute approximate surface area is 568 Å². The Hall–Kier alpha value is -1.94. The molecule has 0 spiro atoms. The van der Waals surface area contributed by atoms with Gasteiger partial charge in [-0.25, -0.2) is 9.13 Å². The number of unbranched alkanes of at least 4 members (excludes halogenated alkanes) is 46. The quantitative estimate of drug-likeness (QED) is 0.0222. The Morgan fingerprint density at radius 3 is 0.731 bits per heavy atom. The average molecular weight is 1370 g/mol. The van der Waals surface area contributed by atoms with Crippen molar-refractivity contribution in [3.8, 4) is 0 Å². The summed E-state index contributed by atoms with van der Waals surface area (Å²) in [6, 6.07) is 0. The molecule has 0 saturated heterocycles. The lowest BCUT2D eigenvalue weighted by Crippen LogP contribution is -2.30. The molecule has 0 aromatic carbocycles. The number of carbonyl (C=O) groups is 4. The summed E-state index contributed by atoms with van der Waals surface area (Å²) < 4.78 is 68.4. The van der Waals surface area contributed by atoms with Crippen molar-refractivity contribution in [1.82, 2.24) is 0 Å². The van der Waals surface area contributed by atoms with Gasteiger partial charge >= 0.3 is 39.5 Å². The predicted molar refractivity (Wildman–Crippen MR) is 377 cm³/mol. The van der Waals surface area contributed by atoms with Crippen LogP contribution < -0.4 is 0 Å². The minimum atomic E-state index is -4.95. The van der Waals surface area contributed by atoms with Gasteiger partial charge in [0.2, 0.25) is 0 Å². The van der Waals surface area contributed by atoms with Crippen LogP contribution in [0.4, 0.5) is 0 Å². The molecule has 0 fully saturated rings. The molecule has 93 heavy (non-hydrogen) atoms. The summed E-state index contributed by atoms with van der Waals surface area (Å²) in [4.78, 5) is 72.7. The first kappa shape index (κ1) is 91.1. The summed E-state index contributed by atoms with van der Waals surface area (Å²) in [7, 11) is -9.90. The number of hydrogen-bond donors (Lipinski definition) is 3. The molecule has 0 aliphatic heterocycles. The van der Waals surface area contributed by atoms with E-state index in [0.29, 0.717) is 25.7 Å². The highest BCUT2D eigenvalue weighted by molar-refractivity contribution is 7.47. The topological polar surface area (TPSA) is 237 Å². The Morgan fingerprint density at radius 2 is 0.495 bits per heavy atom. The van der Waals surface area contributed by atoms with Crippen LogP contribution in [-0.2, 0) is 65.4 Å². The maximum absolute atomic E-state index is 13.1. The third-order valence-corrected chi connectivity index (χ3v) is 19.2. The number of phosphoric ester groups is 2. The highest BCUT2D eigenvalue weighted by Gasteiger charge is 2.30. The average Bonchev–Trinajstić information content (AvgIpc) is 3.25. The molecule has 0 aliphatic rings. The zero-order chi connectivity index (χ0) is 68.4. The van der Waals surface area contributed by atoms with Gasteiger partial charge in [0.15, 0.2) is 12.2 Å². The molecule has 3 N–H and O–H groups in total. The van der Waals surface area contributed by atoms with Gasteiger partial charge in [0, 0.05) is 25.7 Å². The van der Waals surface area contributed by atoms with E-state index in [4.69, 9.17) is 37.0 Å². The monoisotopic (exact) mass is 1370 g/mol. The third kappa shape index (κ3) is 68.4. The van der Waals surface area contributed by atoms with Crippen LogP contribution in [0.15, 0.2) is 0 Å². The number of carbonyl (C=O) groups excluding carboxylic acids is 4. The molecule has 2 unspecified atom stereocenters. The number of rotatable bonds is 74. The van der Waals surface area contributed by atoms with Crippen LogP contribution in [0, 0.1) is 5.92 Å². The molecule has 0 rings (SSSR count). The van der Waals surface area contributed by atoms with E-state index in [2.05, 4.69) is 34.6 Å². The number of aliphatic hydroxyl groups excluding tert-OH is 1. The summed E-state index contributed by atoms with van der Waals surface area (Å²) in [5, 5.41) is 10.6. The van der Waals surface area contributed by atoms with Crippen LogP contribution in [0.3, 0.4) is 0 Å². The Morgan fingerprint density at radius 1 is 0.290 bits per heavy atom. The predicted octanol–water partition coefficient (Wildman–Crippen LogP) is 21.7. The number of phosphoric acid groups is 2. The van der Waals surface area contributed by atoms with E-state index >= 15 is 0 Å². The lowest BCUT2D eigenvalue weighted by Gasteiger charge is -2.21. The number of hydrogen-bond acceptors (Lipinski definition) is 15. The molecule has 0 heterocycles. The van der Waals surface area contributed by atoms with Gasteiger partial charge in [-0.1, -0.05) is 336 Å². The van der Waals surface area contributed by atoms with Crippen molar-refractivity contribution in [2.24, 2.45) is 5.92 Å². The minimum absolute atomic E-state index is 0.106. The molecule has 0 aromatic rings. The van der Waals surface area contributed by atoms with Crippen LogP contribution in [0.1, 0.15) is 388 Å². The number of aliphatic hydroxyl groups is 1. The van der Waals surface area contributed by atoms with Gasteiger partial charge in [0.05, 0.1) is 26.4 Å². The van der Waals surface area contributed by atoms with E-state index in [1.54, 1.807) is 0 Å². The summed E-state index contributed by atoms with van der Waals surface area (Å²) in [5.74, 6) is -1.38. The molecule has 5 atom stereocenters. The second-order valence-corrected chi connectivity index (χ2v) is 30.1. The van der Waals surface area contributed by atoms with Crippen molar-refractivity contribution in [2.45, 2.75) is 406 Å². The van der Waals surface area contributed by atoms with Gasteiger partial charge in [0.1, 0.15) is 19.3 Å². The minimum Gasteiger partial charge on any atom is -0.462 e. The Bertz CT molecular complexity index is 1790. The highest BCUT2D eigenvalue weighted by Crippen LogP contribution is 2.45. The van der Waals surface area contributed by atoms with Crippen molar-refractivity contribution in [3.05, 3.63) is 0 Å². The molecular formula is C74H144O17P2. The van der Waals surface area contributed by atoms with Crippen molar-refractivity contribution >= 4 is 39.5 Å². The molecule has 0 amide bonds.